The molecule has 2 aromatic carbocycles. The van der Waals surface area contributed by atoms with Gasteiger partial charge in [-0.2, -0.15) is 15.5 Å². The largest absolute Gasteiger partial charge is 0.496 e. The van der Waals surface area contributed by atoms with Crippen LogP contribution in [0.2, 0.25) is 0 Å². The zero-order valence-corrected chi connectivity index (χ0v) is 18.9. The molecular weight excluding hydrogens is 426 g/mol. The lowest BCUT2D eigenvalue weighted by Gasteiger charge is -2.17. The van der Waals surface area contributed by atoms with Crippen molar-refractivity contribution in [3.05, 3.63) is 70.9 Å². The number of nitrogens with two attached hydrogens (primary N) is 1. The SMILES string of the molecule is COc1ccc(-c2c(C)cc(C=CC#N)cc2C)c2nc(Nc3ccc(C#N)cn3)nc(N)c12. The van der Waals surface area contributed by atoms with Gasteiger partial charge in [0.05, 0.1) is 29.6 Å². The molecule has 8 heteroatoms. The van der Waals surface area contributed by atoms with Gasteiger partial charge in [-0.05, 0) is 66.4 Å². The average Bonchev–Trinajstić information content (AvgIpc) is 2.83. The Morgan fingerprint density at radius 1 is 1.06 bits per heavy atom. The van der Waals surface area contributed by atoms with Crippen LogP contribution in [0, 0.1) is 36.5 Å². The van der Waals surface area contributed by atoms with Gasteiger partial charge < -0.3 is 15.8 Å². The van der Waals surface area contributed by atoms with Crippen LogP contribution in [-0.2, 0) is 0 Å². The number of allylic oxidation sites excluding steroid dienone is 1. The van der Waals surface area contributed by atoms with Crippen molar-refractivity contribution in [1.82, 2.24) is 15.0 Å². The summed E-state index contributed by atoms with van der Waals surface area (Å²) in [4.78, 5) is 13.4. The van der Waals surface area contributed by atoms with Gasteiger partial charge in [-0.25, -0.2) is 9.97 Å². The second kappa shape index (κ2) is 9.27. The van der Waals surface area contributed by atoms with E-state index in [9.17, 15) is 0 Å². The lowest BCUT2D eigenvalue weighted by molar-refractivity contribution is 0.420. The first-order valence-corrected chi connectivity index (χ1v) is 10.4. The van der Waals surface area contributed by atoms with Crippen molar-refractivity contribution in [2.75, 3.05) is 18.2 Å². The van der Waals surface area contributed by atoms with Gasteiger partial charge in [0.1, 0.15) is 23.5 Å². The van der Waals surface area contributed by atoms with Gasteiger partial charge in [-0.1, -0.05) is 12.1 Å². The van der Waals surface area contributed by atoms with Crippen molar-refractivity contribution >= 4 is 34.6 Å². The molecule has 0 atom stereocenters. The first-order valence-electron chi connectivity index (χ1n) is 10.4. The van der Waals surface area contributed by atoms with Crippen LogP contribution in [-0.4, -0.2) is 22.1 Å². The van der Waals surface area contributed by atoms with E-state index in [1.807, 2.05) is 50.3 Å². The molecule has 0 aliphatic carbocycles. The molecule has 8 nitrogen and oxygen atoms in total. The summed E-state index contributed by atoms with van der Waals surface area (Å²) in [6.07, 6.45) is 4.71. The van der Waals surface area contributed by atoms with E-state index in [1.165, 1.54) is 12.3 Å². The molecule has 166 valence electrons. The minimum Gasteiger partial charge on any atom is -0.496 e. The Hall–Kier alpha value is -4.95. The van der Waals surface area contributed by atoms with Crippen LogP contribution in [0.4, 0.5) is 17.6 Å². The van der Waals surface area contributed by atoms with Gasteiger partial charge in [-0.3, -0.25) is 0 Å². The van der Waals surface area contributed by atoms with Crippen LogP contribution in [0.5, 0.6) is 5.75 Å². The highest BCUT2D eigenvalue weighted by atomic mass is 16.5. The molecule has 0 fully saturated rings. The second-order valence-electron chi connectivity index (χ2n) is 7.63. The van der Waals surface area contributed by atoms with E-state index in [2.05, 4.69) is 15.3 Å². The number of nitrogens with zero attached hydrogens (tertiary/aromatic N) is 5. The number of anilines is 3. The van der Waals surface area contributed by atoms with Crippen LogP contribution in [0.25, 0.3) is 28.1 Å². The van der Waals surface area contributed by atoms with Gasteiger partial charge in [-0.15, -0.1) is 0 Å². The topological polar surface area (TPSA) is 134 Å². The summed E-state index contributed by atoms with van der Waals surface area (Å²) in [6.45, 7) is 4.04. The number of benzene rings is 2. The molecule has 4 rings (SSSR count). The predicted octanol–water partition coefficient (Wildman–Crippen LogP) is 5.05. The monoisotopic (exact) mass is 447 g/mol. The smallest absolute Gasteiger partial charge is 0.230 e. The molecule has 2 heterocycles. The minimum absolute atomic E-state index is 0.267. The number of hydrogen-bond donors (Lipinski definition) is 2. The van der Waals surface area contributed by atoms with Crippen LogP contribution >= 0.6 is 0 Å². The van der Waals surface area contributed by atoms with Crippen LogP contribution in [0.15, 0.2) is 48.7 Å². The fraction of sp³-hybridized carbons (Fsp3) is 0.115. The van der Waals surface area contributed by atoms with Crippen molar-refractivity contribution in [2.24, 2.45) is 0 Å². The quantitative estimate of drug-likeness (QED) is 0.406. The standard InChI is InChI=1S/C26H21N7O/c1-15-11-17(5-4-10-27)12-16(2)22(15)19-7-8-20(34-3)23-24(19)32-26(33-25(23)29)31-21-9-6-18(13-28)14-30-21/h4-9,11-12,14H,1-3H3,(H3,29,30,31,32,33). The maximum Gasteiger partial charge on any atom is 0.230 e. The number of nitriles is 2. The number of aryl methyl sites for hydroxylation is 2. The highest BCUT2D eigenvalue weighted by molar-refractivity contribution is 6.04. The molecule has 3 N–H and O–H groups in total. The van der Waals surface area contributed by atoms with Crippen molar-refractivity contribution in [3.63, 3.8) is 0 Å². The number of pyridine rings is 1. The zero-order chi connectivity index (χ0) is 24.2. The molecule has 0 aliphatic rings. The molecule has 0 saturated heterocycles. The number of hydrogen-bond acceptors (Lipinski definition) is 8. The van der Waals surface area contributed by atoms with Crippen molar-refractivity contribution < 1.29 is 4.74 Å². The molecule has 0 aliphatic heterocycles. The molecule has 2 aromatic heterocycles. The molecule has 4 aromatic rings. The van der Waals surface area contributed by atoms with Crippen LogP contribution in [0.1, 0.15) is 22.3 Å². The molecule has 0 radical (unpaired) electrons. The molecule has 0 spiro atoms. The Morgan fingerprint density at radius 2 is 1.82 bits per heavy atom. The van der Waals surface area contributed by atoms with Gasteiger partial charge in [0.15, 0.2) is 0 Å². The minimum atomic E-state index is 0.267. The number of aromatic nitrogens is 3. The van der Waals surface area contributed by atoms with Gasteiger partial charge in [0.2, 0.25) is 5.95 Å². The number of ether oxygens (including phenoxy) is 1. The van der Waals surface area contributed by atoms with E-state index in [0.717, 1.165) is 27.8 Å². The maximum absolute atomic E-state index is 8.98. The second-order valence-corrected chi connectivity index (χ2v) is 7.63. The van der Waals surface area contributed by atoms with E-state index < -0.39 is 0 Å². The average molecular weight is 448 g/mol. The van der Waals surface area contributed by atoms with Crippen molar-refractivity contribution in [3.8, 4) is 29.0 Å². The first kappa shape index (κ1) is 22.3. The summed E-state index contributed by atoms with van der Waals surface area (Å²) in [5, 5.41) is 21.5. The van der Waals surface area contributed by atoms with Gasteiger partial charge >= 0.3 is 0 Å². The van der Waals surface area contributed by atoms with E-state index >= 15 is 0 Å². The lowest BCUT2D eigenvalue weighted by atomic mass is 9.91. The predicted molar refractivity (Wildman–Crippen MR) is 132 cm³/mol. The van der Waals surface area contributed by atoms with E-state index in [1.54, 1.807) is 25.3 Å². The summed E-state index contributed by atoms with van der Waals surface area (Å²) in [6, 6.07) is 15.3. The lowest BCUT2D eigenvalue weighted by Crippen LogP contribution is -2.05. The highest BCUT2D eigenvalue weighted by Crippen LogP contribution is 2.39. The summed E-state index contributed by atoms with van der Waals surface area (Å²) < 4.78 is 5.54. The Kier molecular flexibility index (Phi) is 6.07. The molecule has 0 unspecified atom stereocenters. The fourth-order valence-electron chi connectivity index (χ4n) is 3.97. The third-order valence-electron chi connectivity index (χ3n) is 5.37. The Morgan fingerprint density at radius 3 is 2.44 bits per heavy atom. The maximum atomic E-state index is 8.98. The molecule has 0 amide bonds. The number of methoxy groups -OCH3 is 1. The number of nitrogen functional groups attached to an aromatic ring is 1. The van der Waals surface area contributed by atoms with Crippen LogP contribution < -0.4 is 15.8 Å². The summed E-state index contributed by atoms with van der Waals surface area (Å²) >= 11 is 0. The number of nitrogens with one attached hydrogen (secondary N) is 1. The molecule has 0 bridgehead atoms. The first-order chi connectivity index (χ1) is 16.4. The number of rotatable bonds is 5. The van der Waals surface area contributed by atoms with Crippen molar-refractivity contribution in [2.45, 2.75) is 13.8 Å². The highest BCUT2D eigenvalue weighted by Gasteiger charge is 2.18. The molecular formula is C26H21N7O. The number of fused-ring (bicyclic) bond motifs is 1. The van der Waals surface area contributed by atoms with Crippen LogP contribution in [0.3, 0.4) is 0 Å². The van der Waals surface area contributed by atoms with Gasteiger partial charge in [0, 0.05) is 17.8 Å². The van der Waals surface area contributed by atoms with E-state index in [-0.39, 0.29) is 11.8 Å². The molecule has 34 heavy (non-hydrogen) atoms. The summed E-state index contributed by atoms with van der Waals surface area (Å²) in [5.74, 6) is 1.61. The van der Waals surface area contributed by atoms with Crippen molar-refractivity contribution in [1.29, 1.82) is 10.5 Å². The fourth-order valence-corrected chi connectivity index (χ4v) is 3.97. The summed E-state index contributed by atoms with van der Waals surface area (Å²) in [5.41, 5.74) is 12.4. The van der Waals surface area contributed by atoms with E-state index in [4.69, 9.17) is 26.0 Å². The Labute approximate surface area is 197 Å². The Balaban J connectivity index is 1.90. The normalized spacial score (nSPS) is 10.7. The van der Waals surface area contributed by atoms with E-state index in [0.29, 0.717) is 28.0 Å². The van der Waals surface area contributed by atoms with Gasteiger partial charge in [0.25, 0.3) is 0 Å². The molecule has 0 saturated carbocycles. The zero-order valence-electron chi connectivity index (χ0n) is 18.9. The Bertz CT molecular complexity index is 1490. The third-order valence-corrected chi connectivity index (χ3v) is 5.37. The third kappa shape index (κ3) is 4.21. The summed E-state index contributed by atoms with van der Waals surface area (Å²) in [7, 11) is 1.58.